The molecule has 0 saturated carbocycles. The lowest BCUT2D eigenvalue weighted by atomic mass is 10.0. The maximum absolute atomic E-state index is 13.3. The predicted octanol–water partition coefficient (Wildman–Crippen LogP) is 7.17. The molecule has 1 aliphatic rings. The summed E-state index contributed by atoms with van der Waals surface area (Å²) in [5.74, 6) is 0.352. The smallest absolute Gasteiger partial charge is 0.293 e. The van der Waals surface area contributed by atoms with Crippen molar-refractivity contribution in [3.05, 3.63) is 116 Å². The Balaban J connectivity index is 1.23. The van der Waals surface area contributed by atoms with Crippen molar-refractivity contribution in [2.75, 3.05) is 49.7 Å². The lowest BCUT2D eigenvalue weighted by Gasteiger charge is -2.30. The van der Waals surface area contributed by atoms with Crippen molar-refractivity contribution in [3.8, 4) is 0 Å². The van der Waals surface area contributed by atoms with Crippen LogP contribution in [0.5, 0.6) is 0 Å². The maximum Gasteiger partial charge on any atom is 0.293 e. The van der Waals surface area contributed by atoms with Gasteiger partial charge in [-0.2, -0.15) is 11.3 Å². The standard InChI is InChI=1S/C35H40N6O4S3/c1-39(2)18-16-29(25-47-31-6-4-3-5-7-31)37-33-13-12-32(23-34(33)41(42)43)48(44,45)38-35(36)28-8-10-30(11-9-28)40-19-14-26(15-20-40)22-27-17-21-46-24-27/h3-13,17,21-24,29,37H,14-16,18-20,25H2,1-2H3,(H2,36,38)/t29-/m1/s1. The molecule has 0 spiro atoms. The van der Waals surface area contributed by atoms with Crippen molar-refractivity contribution in [1.82, 2.24) is 9.62 Å². The summed E-state index contributed by atoms with van der Waals surface area (Å²) in [6, 6.07) is 23.0. The first-order chi connectivity index (χ1) is 23.1. The Kier molecular flexibility index (Phi) is 11.9. The molecule has 2 heterocycles. The van der Waals surface area contributed by atoms with Crippen LogP contribution in [0, 0.1) is 15.5 Å². The van der Waals surface area contributed by atoms with Crippen LogP contribution in [-0.2, 0) is 10.0 Å². The number of piperidine rings is 1. The monoisotopic (exact) mass is 704 g/mol. The summed E-state index contributed by atoms with van der Waals surface area (Å²) in [7, 11) is -0.329. The van der Waals surface area contributed by atoms with E-state index in [1.807, 2.05) is 61.5 Å². The number of sulfonamides is 1. The molecule has 1 saturated heterocycles. The van der Waals surface area contributed by atoms with E-state index < -0.39 is 14.9 Å². The quantitative estimate of drug-likeness (QED) is 0.0414. The molecule has 1 aliphatic heterocycles. The molecular formula is C35H40N6O4S3. The number of anilines is 2. The highest BCUT2D eigenvalue weighted by molar-refractivity contribution is 7.99. The first-order valence-electron chi connectivity index (χ1n) is 15.6. The van der Waals surface area contributed by atoms with Crippen LogP contribution < -0.4 is 14.9 Å². The van der Waals surface area contributed by atoms with Crippen molar-refractivity contribution in [2.45, 2.75) is 35.1 Å². The van der Waals surface area contributed by atoms with Crippen molar-refractivity contribution < 1.29 is 13.3 Å². The zero-order valence-electron chi connectivity index (χ0n) is 27.0. The minimum absolute atomic E-state index is 0.109. The van der Waals surface area contributed by atoms with Gasteiger partial charge in [0, 0.05) is 47.1 Å². The molecule has 0 amide bonds. The molecule has 0 bridgehead atoms. The third kappa shape index (κ3) is 9.69. The third-order valence-corrected chi connectivity index (χ3v) is 11.3. The van der Waals surface area contributed by atoms with Gasteiger partial charge in [-0.05, 0) is 111 Å². The van der Waals surface area contributed by atoms with E-state index in [-0.39, 0.29) is 28.1 Å². The first kappa shape index (κ1) is 35.1. The molecule has 3 N–H and O–H groups in total. The highest BCUT2D eigenvalue weighted by Gasteiger charge is 2.24. The first-order valence-corrected chi connectivity index (χ1v) is 19.0. The highest BCUT2D eigenvalue weighted by atomic mass is 32.2. The Bertz CT molecular complexity index is 1820. The summed E-state index contributed by atoms with van der Waals surface area (Å²) >= 11 is 3.34. The summed E-state index contributed by atoms with van der Waals surface area (Å²) in [4.78, 5) is 16.7. The van der Waals surface area contributed by atoms with Crippen LogP contribution in [0.1, 0.15) is 30.4 Å². The highest BCUT2D eigenvalue weighted by Crippen LogP contribution is 2.30. The van der Waals surface area contributed by atoms with Crippen LogP contribution in [0.15, 0.2) is 105 Å². The van der Waals surface area contributed by atoms with Gasteiger partial charge in [0.1, 0.15) is 11.5 Å². The van der Waals surface area contributed by atoms with Crippen LogP contribution >= 0.6 is 23.1 Å². The lowest BCUT2D eigenvalue weighted by molar-refractivity contribution is -0.384. The Morgan fingerprint density at radius 3 is 2.46 bits per heavy atom. The van der Waals surface area contributed by atoms with E-state index in [0.29, 0.717) is 11.3 Å². The van der Waals surface area contributed by atoms with E-state index in [4.69, 9.17) is 5.41 Å². The number of hydrogen-bond donors (Lipinski definition) is 3. The molecule has 13 heteroatoms. The molecule has 4 aromatic rings. The molecule has 3 aromatic carbocycles. The minimum atomic E-state index is -4.27. The molecule has 5 rings (SSSR count). The number of thioether (sulfide) groups is 1. The molecule has 1 aromatic heterocycles. The number of thiophene rings is 1. The van der Waals surface area contributed by atoms with Gasteiger partial charge >= 0.3 is 0 Å². The van der Waals surface area contributed by atoms with Crippen molar-refractivity contribution >= 4 is 62.1 Å². The summed E-state index contributed by atoms with van der Waals surface area (Å²) in [5, 5.41) is 28.1. The molecule has 0 radical (unpaired) electrons. The number of amidine groups is 1. The number of hydrogen-bond acceptors (Lipinski definition) is 10. The van der Waals surface area contributed by atoms with E-state index >= 15 is 0 Å². The Hall–Kier alpha value is -4.17. The van der Waals surface area contributed by atoms with Gasteiger partial charge in [0.05, 0.1) is 9.82 Å². The molecule has 252 valence electrons. The predicted molar refractivity (Wildman–Crippen MR) is 198 cm³/mol. The molecule has 0 unspecified atom stereocenters. The summed E-state index contributed by atoms with van der Waals surface area (Å²) in [5.41, 5.74) is 3.97. The maximum atomic E-state index is 13.3. The molecule has 1 atom stereocenters. The van der Waals surface area contributed by atoms with Gasteiger partial charge in [-0.1, -0.05) is 29.8 Å². The second-order valence-corrected chi connectivity index (χ2v) is 15.4. The zero-order chi connectivity index (χ0) is 34.1. The minimum Gasteiger partial charge on any atom is -0.376 e. The topological polar surface area (TPSA) is 132 Å². The average molecular weight is 705 g/mol. The molecule has 10 nitrogen and oxygen atoms in total. The van der Waals surface area contributed by atoms with Gasteiger partial charge in [0.15, 0.2) is 0 Å². The summed E-state index contributed by atoms with van der Waals surface area (Å²) in [6.45, 7) is 2.53. The Morgan fingerprint density at radius 2 is 1.81 bits per heavy atom. The van der Waals surface area contributed by atoms with E-state index in [9.17, 15) is 18.5 Å². The lowest BCUT2D eigenvalue weighted by Crippen LogP contribution is -2.32. The van der Waals surface area contributed by atoms with Crippen molar-refractivity contribution in [3.63, 3.8) is 0 Å². The van der Waals surface area contributed by atoms with Gasteiger partial charge in [-0.25, -0.2) is 8.42 Å². The summed E-state index contributed by atoms with van der Waals surface area (Å²) in [6.07, 6.45) is 4.93. The van der Waals surface area contributed by atoms with Crippen LogP contribution in [0.4, 0.5) is 17.1 Å². The van der Waals surface area contributed by atoms with E-state index in [2.05, 4.69) is 37.8 Å². The number of rotatable bonds is 14. The second kappa shape index (κ2) is 16.3. The van der Waals surface area contributed by atoms with Gasteiger partial charge in [-0.3, -0.25) is 20.2 Å². The average Bonchev–Trinajstić information content (AvgIpc) is 3.59. The fourth-order valence-electron chi connectivity index (χ4n) is 5.38. The van der Waals surface area contributed by atoms with E-state index in [1.165, 1.54) is 23.3 Å². The number of nitrogens with one attached hydrogen (secondary N) is 3. The number of benzene rings is 3. The zero-order valence-corrected chi connectivity index (χ0v) is 29.4. The fraction of sp³-hybridized carbons (Fsp3) is 0.286. The molecule has 1 fully saturated rings. The molecule has 48 heavy (non-hydrogen) atoms. The molecular weight excluding hydrogens is 665 g/mol. The Labute approximate surface area is 290 Å². The van der Waals surface area contributed by atoms with Gasteiger partial charge in [0.25, 0.3) is 15.7 Å². The number of nitro benzene ring substituents is 1. The largest absolute Gasteiger partial charge is 0.376 e. The van der Waals surface area contributed by atoms with Gasteiger partial charge < -0.3 is 15.1 Å². The normalized spacial score (nSPS) is 14.1. The number of nitro groups is 1. The van der Waals surface area contributed by atoms with Gasteiger partial charge in [0.2, 0.25) is 0 Å². The molecule has 0 aliphatic carbocycles. The van der Waals surface area contributed by atoms with Crippen molar-refractivity contribution in [1.29, 1.82) is 5.41 Å². The fourth-order valence-corrected chi connectivity index (χ4v) is 8.01. The van der Waals surface area contributed by atoms with Crippen LogP contribution in [0.25, 0.3) is 6.08 Å². The van der Waals surface area contributed by atoms with Gasteiger partial charge in [-0.15, -0.1) is 11.8 Å². The Morgan fingerprint density at radius 1 is 1.08 bits per heavy atom. The summed E-state index contributed by atoms with van der Waals surface area (Å²) < 4.78 is 28.9. The number of nitrogens with zero attached hydrogens (tertiary/aromatic N) is 3. The SMILES string of the molecule is CN(C)CC[C@H](CSc1ccccc1)Nc1ccc(S(=O)(=O)NC(=N)c2ccc(N3CCC(=Cc4ccsc4)CC3)cc2)cc1[N+](=O)[O-]. The van der Waals surface area contributed by atoms with E-state index in [1.54, 1.807) is 35.2 Å². The van der Waals surface area contributed by atoms with Crippen molar-refractivity contribution in [2.24, 2.45) is 0 Å². The second-order valence-electron chi connectivity index (χ2n) is 11.9. The van der Waals surface area contributed by atoms with Crippen LogP contribution in [-0.4, -0.2) is 69.6 Å². The van der Waals surface area contributed by atoms with Crippen LogP contribution in [0.2, 0.25) is 0 Å². The third-order valence-electron chi connectivity index (χ3n) is 8.03. The van der Waals surface area contributed by atoms with E-state index in [0.717, 1.165) is 55.5 Å². The van der Waals surface area contributed by atoms with Crippen LogP contribution in [0.3, 0.4) is 0 Å².